The Labute approximate surface area is 127 Å². The lowest BCUT2D eigenvalue weighted by Crippen LogP contribution is -2.07. The summed E-state index contributed by atoms with van der Waals surface area (Å²) in [6.45, 7) is 6.27. The maximum absolute atomic E-state index is 10.9. The van der Waals surface area contributed by atoms with Gasteiger partial charge in [0.15, 0.2) is 0 Å². The zero-order valence-electron chi connectivity index (χ0n) is 11.5. The monoisotopic (exact) mass is 309 g/mol. The molecule has 1 atom stereocenters. The Hall–Kier alpha value is -1.52. The van der Waals surface area contributed by atoms with E-state index in [1.165, 1.54) is 21.4 Å². The van der Waals surface area contributed by atoms with Gasteiger partial charge in [0.05, 0.1) is 10.6 Å². The maximum Gasteiger partial charge on any atom is 0.337 e. The van der Waals surface area contributed by atoms with Crippen molar-refractivity contribution in [3.05, 3.63) is 50.2 Å². The summed E-state index contributed by atoms with van der Waals surface area (Å²) in [4.78, 5) is 13.5. The number of hydrogen-bond acceptors (Lipinski definition) is 3. The van der Waals surface area contributed by atoms with Crippen molar-refractivity contribution in [3.8, 4) is 0 Å². The third-order valence-corrected chi connectivity index (χ3v) is 4.42. The lowest BCUT2D eigenvalue weighted by atomic mass is 10.1. The second-order valence-electron chi connectivity index (χ2n) is 4.73. The van der Waals surface area contributed by atoms with E-state index in [0.29, 0.717) is 0 Å². The molecule has 106 valence electrons. The van der Waals surface area contributed by atoms with Crippen molar-refractivity contribution in [2.45, 2.75) is 26.8 Å². The number of halogens is 1. The van der Waals surface area contributed by atoms with Gasteiger partial charge < -0.3 is 10.4 Å². The third-order valence-electron chi connectivity index (χ3n) is 3.13. The summed E-state index contributed by atoms with van der Waals surface area (Å²) < 4.78 is 0. The quantitative estimate of drug-likeness (QED) is 0.845. The Bertz CT molecular complexity index is 651. The number of rotatable bonds is 4. The van der Waals surface area contributed by atoms with E-state index < -0.39 is 5.97 Å². The predicted molar refractivity (Wildman–Crippen MR) is 84.2 cm³/mol. The highest BCUT2D eigenvalue weighted by atomic mass is 35.5. The molecule has 0 saturated carbocycles. The van der Waals surface area contributed by atoms with Gasteiger partial charge in [-0.2, -0.15) is 0 Å². The molecule has 0 radical (unpaired) electrons. The van der Waals surface area contributed by atoms with Crippen LogP contribution in [0.5, 0.6) is 0 Å². The fourth-order valence-corrected chi connectivity index (χ4v) is 3.47. The minimum absolute atomic E-state index is 0.118. The molecule has 1 heterocycles. The van der Waals surface area contributed by atoms with Crippen LogP contribution in [0.3, 0.4) is 0 Å². The number of carbonyl (C=O) groups is 1. The normalized spacial score (nSPS) is 12.2. The second-order valence-corrected chi connectivity index (χ2v) is 6.60. The molecule has 20 heavy (non-hydrogen) atoms. The summed E-state index contributed by atoms with van der Waals surface area (Å²) in [7, 11) is 0. The summed E-state index contributed by atoms with van der Waals surface area (Å²) in [5.74, 6) is -1.01. The van der Waals surface area contributed by atoms with Gasteiger partial charge in [0, 0.05) is 21.5 Å². The molecule has 3 nitrogen and oxygen atoms in total. The van der Waals surface area contributed by atoms with Gasteiger partial charge in [0.2, 0.25) is 0 Å². The van der Waals surface area contributed by atoms with E-state index in [0.717, 1.165) is 5.69 Å². The Morgan fingerprint density at radius 1 is 1.35 bits per heavy atom. The van der Waals surface area contributed by atoms with Crippen molar-refractivity contribution >= 4 is 34.6 Å². The number of benzene rings is 1. The van der Waals surface area contributed by atoms with Crippen LogP contribution in [0.25, 0.3) is 0 Å². The maximum atomic E-state index is 10.9. The minimum Gasteiger partial charge on any atom is -0.478 e. The third kappa shape index (κ3) is 3.14. The molecule has 1 unspecified atom stereocenters. The predicted octanol–water partition coefficient (Wildman–Crippen LogP) is 4.89. The molecule has 2 rings (SSSR count). The molecule has 0 aliphatic rings. The van der Waals surface area contributed by atoms with Gasteiger partial charge in [-0.3, -0.25) is 0 Å². The van der Waals surface area contributed by atoms with E-state index in [9.17, 15) is 4.79 Å². The summed E-state index contributed by atoms with van der Waals surface area (Å²) in [6.07, 6.45) is 0. The minimum atomic E-state index is -1.01. The topological polar surface area (TPSA) is 49.3 Å². The molecule has 0 bridgehead atoms. The van der Waals surface area contributed by atoms with Crippen LogP contribution in [0.4, 0.5) is 5.69 Å². The number of nitrogens with one attached hydrogen (secondary N) is 1. The molecule has 5 heteroatoms. The highest BCUT2D eigenvalue weighted by molar-refractivity contribution is 7.12. The molecule has 0 aliphatic heterocycles. The lowest BCUT2D eigenvalue weighted by molar-refractivity contribution is 0.0697. The van der Waals surface area contributed by atoms with Crippen LogP contribution in [0.1, 0.15) is 38.6 Å². The van der Waals surface area contributed by atoms with E-state index in [4.69, 9.17) is 16.7 Å². The second kappa shape index (κ2) is 5.85. The fraction of sp³-hybridized carbons (Fsp3) is 0.267. The largest absolute Gasteiger partial charge is 0.478 e. The van der Waals surface area contributed by atoms with E-state index >= 15 is 0 Å². The van der Waals surface area contributed by atoms with Crippen LogP contribution in [0.15, 0.2) is 24.3 Å². The molecule has 0 fully saturated rings. The van der Waals surface area contributed by atoms with Crippen molar-refractivity contribution in [2.24, 2.45) is 0 Å². The zero-order chi connectivity index (χ0) is 14.9. The first kappa shape index (κ1) is 14.9. The van der Waals surface area contributed by atoms with E-state index in [-0.39, 0.29) is 16.6 Å². The van der Waals surface area contributed by atoms with Gasteiger partial charge in [0.25, 0.3) is 0 Å². The van der Waals surface area contributed by atoms with Gasteiger partial charge in [0.1, 0.15) is 0 Å². The molecule has 0 aliphatic carbocycles. The van der Waals surface area contributed by atoms with Gasteiger partial charge in [-0.15, -0.1) is 11.3 Å². The van der Waals surface area contributed by atoms with Crippen LogP contribution in [-0.2, 0) is 0 Å². The number of anilines is 1. The SMILES string of the molecule is Cc1cc(C(C)Nc2ccc(C(=O)O)c(Cl)c2)c(C)s1. The summed E-state index contributed by atoms with van der Waals surface area (Å²) >= 11 is 7.74. The van der Waals surface area contributed by atoms with Gasteiger partial charge >= 0.3 is 5.97 Å². The first-order valence-corrected chi connectivity index (χ1v) is 7.44. The molecule has 1 aromatic heterocycles. The van der Waals surface area contributed by atoms with Gasteiger partial charge in [-0.05, 0) is 50.6 Å². The number of hydrogen-bond donors (Lipinski definition) is 2. The molecular formula is C15H16ClNO2S. The molecule has 0 amide bonds. The van der Waals surface area contributed by atoms with Crippen LogP contribution >= 0.6 is 22.9 Å². The summed E-state index contributed by atoms with van der Waals surface area (Å²) in [5, 5.41) is 12.5. The first-order chi connectivity index (χ1) is 9.38. The van der Waals surface area contributed by atoms with Crippen LogP contribution in [0, 0.1) is 13.8 Å². The van der Waals surface area contributed by atoms with Crippen molar-refractivity contribution in [1.82, 2.24) is 0 Å². The molecular weight excluding hydrogens is 294 g/mol. The summed E-state index contributed by atoms with van der Waals surface area (Å²) in [5.41, 5.74) is 2.19. The number of aromatic carboxylic acids is 1. The molecule has 0 spiro atoms. The number of thiophene rings is 1. The highest BCUT2D eigenvalue weighted by Gasteiger charge is 2.13. The van der Waals surface area contributed by atoms with Crippen LogP contribution in [-0.4, -0.2) is 11.1 Å². The van der Waals surface area contributed by atoms with E-state index in [1.54, 1.807) is 23.5 Å². The average Bonchev–Trinajstić information content (AvgIpc) is 2.68. The Kier molecular flexibility index (Phi) is 4.35. The Morgan fingerprint density at radius 2 is 2.05 bits per heavy atom. The van der Waals surface area contributed by atoms with E-state index in [2.05, 4.69) is 32.2 Å². The standard InChI is InChI=1S/C15H16ClNO2S/c1-8-6-13(10(3)20-8)9(2)17-11-4-5-12(15(18)19)14(16)7-11/h4-7,9,17H,1-3H3,(H,18,19). The molecule has 2 aromatic rings. The average molecular weight is 310 g/mol. The first-order valence-electron chi connectivity index (χ1n) is 6.25. The number of aryl methyl sites for hydroxylation is 2. The van der Waals surface area contributed by atoms with Crippen LogP contribution < -0.4 is 5.32 Å². The number of carboxylic acid groups (broad SMARTS) is 1. The van der Waals surface area contributed by atoms with Crippen molar-refractivity contribution in [3.63, 3.8) is 0 Å². The zero-order valence-corrected chi connectivity index (χ0v) is 13.1. The molecule has 1 aromatic carbocycles. The van der Waals surface area contributed by atoms with Crippen molar-refractivity contribution in [2.75, 3.05) is 5.32 Å². The summed E-state index contributed by atoms with van der Waals surface area (Å²) in [6, 6.07) is 7.22. The smallest absolute Gasteiger partial charge is 0.337 e. The Balaban J connectivity index is 2.20. The van der Waals surface area contributed by atoms with Crippen molar-refractivity contribution in [1.29, 1.82) is 0 Å². The van der Waals surface area contributed by atoms with Crippen LogP contribution in [0.2, 0.25) is 5.02 Å². The highest BCUT2D eigenvalue weighted by Crippen LogP contribution is 2.29. The molecule has 0 saturated heterocycles. The molecule has 2 N–H and O–H groups in total. The fourth-order valence-electron chi connectivity index (χ4n) is 2.19. The van der Waals surface area contributed by atoms with Gasteiger partial charge in [-0.25, -0.2) is 4.79 Å². The number of carboxylic acids is 1. The lowest BCUT2D eigenvalue weighted by Gasteiger charge is -2.16. The Morgan fingerprint density at radius 3 is 2.55 bits per heavy atom. The van der Waals surface area contributed by atoms with Crippen molar-refractivity contribution < 1.29 is 9.90 Å². The van der Waals surface area contributed by atoms with Gasteiger partial charge in [-0.1, -0.05) is 11.6 Å². The van der Waals surface area contributed by atoms with E-state index in [1.807, 2.05) is 0 Å².